The fourth-order valence-corrected chi connectivity index (χ4v) is 1.96. The highest BCUT2D eigenvalue weighted by atomic mass is 127. The van der Waals surface area contributed by atoms with E-state index in [0.717, 1.165) is 12.5 Å². The summed E-state index contributed by atoms with van der Waals surface area (Å²) >= 11 is 0. The van der Waals surface area contributed by atoms with Crippen LogP contribution in [-0.2, 0) is 0 Å². The maximum absolute atomic E-state index is 4.25. The van der Waals surface area contributed by atoms with Gasteiger partial charge in [-0.3, -0.25) is 4.99 Å². The standard InChI is InChI=1S/C15H23N3.HI/c1-11-5-4-6-13(9-11)12(2)10-17-15(16-3)18-14-7-8-14;/h4-6,9,12,14H,7-8,10H2,1-3H3,(H2,16,17,18);1H. The average molecular weight is 373 g/mol. The second-order valence-electron chi connectivity index (χ2n) is 5.19. The summed E-state index contributed by atoms with van der Waals surface area (Å²) in [5, 5.41) is 6.80. The van der Waals surface area contributed by atoms with Crippen molar-refractivity contribution in [2.24, 2.45) is 4.99 Å². The first-order chi connectivity index (χ1) is 8.69. The highest BCUT2D eigenvalue weighted by Gasteiger charge is 2.22. The van der Waals surface area contributed by atoms with Crippen LogP contribution < -0.4 is 10.6 Å². The number of guanidine groups is 1. The first kappa shape index (κ1) is 16.3. The van der Waals surface area contributed by atoms with Crippen LogP contribution in [0.3, 0.4) is 0 Å². The highest BCUT2D eigenvalue weighted by molar-refractivity contribution is 14.0. The van der Waals surface area contributed by atoms with Crippen LogP contribution in [0.2, 0.25) is 0 Å². The van der Waals surface area contributed by atoms with Gasteiger partial charge in [-0.05, 0) is 31.2 Å². The summed E-state index contributed by atoms with van der Waals surface area (Å²) in [4.78, 5) is 4.25. The molecule has 1 aliphatic rings. The Bertz CT molecular complexity index is 427. The molecule has 0 heterocycles. The second kappa shape index (κ2) is 7.72. The summed E-state index contributed by atoms with van der Waals surface area (Å²) < 4.78 is 0. The molecule has 1 aromatic rings. The lowest BCUT2D eigenvalue weighted by Crippen LogP contribution is -2.40. The van der Waals surface area contributed by atoms with Crippen molar-refractivity contribution in [1.29, 1.82) is 0 Å². The number of halogens is 1. The average Bonchev–Trinajstić information content (AvgIpc) is 3.18. The van der Waals surface area contributed by atoms with Gasteiger partial charge in [0.2, 0.25) is 0 Å². The van der Waals surface area contributed by atoms with Gasteiger partial charge in [-0.15, -0.1) is 24.0 Å². The molecule has 2 N–H and O–H groups in total. The van der Waals surface area contributed by atoms with Crippen molar-refractivity contribution < 1.29 is 0 Å². The van der Waals surface area contributed by atoms with E-state index in [4.69, 9.17) is 0 Å². The molecular weight excluding hydrogens is 349 g/mol. The third-order valence-corrected chi connectivity index (χ3v) is 3.33. The monoisotopic (exact) mass is 373 g/mol. The molecular formula is C15H24IN3. The van der Waals surface area contributed by atoms with Gasteiger partial charge in [-0.2, -0.15) is 0 Å². The molecule has 1 unspecified atom stereocenters. The summed E-state index contributed by atoms with van der Waals surface area (Å²) in [6, 6.07) is 9.35. The molecule has 106 valence electrons. The van der Waals surface area contributed by atoms with Crippen LogP contribution in [0, 0.1) is 6.92 Å². The third kappa shape index (κ3) is 5.38. The van der Waals surface area contributed by atoms with Gasteiger partial charge in [0.05, 0.1) is 0 Å². The molecule has 1 aromatic carbocycles. The molecule has 1 atom stereocenters. The number of hydrogen-bond donors (Lipinski definition) is 2. The summed E-state index contributed by atoms with van der Waals surface area (Å²) in [6.07, 6.45) is 2.54. The predicted octanol–water partition coefficient (Wildman–Crippen LogP) is 3.04. The molecule has 0 amide bonds. The van der Waals surface area contributed by atoms with Crippen molar-refractivity contribution in [3.05, 3.63) is 35.4 Å². The lowest BCUT2D eigenvalue weighted by Gasteiger charge is -2.16. The number of rotatable bonds is 4. The molecule has 4 heteroatoms. The van der Waals surface area contributed by atoms with Crippen molar-refractivity contribution in [2.45, 2.75) is 38.6 Å². The number of nitrogens with one attached hydrogen (secondary N) is 2. The van der Waals surface area contributed by atoms with E-state index >= 15 is 0 Å². The molecule has 0 spiro atoms. The fraction of sp³-hybridized carbons (Fsp3) is 0.533. The van der Waals surface area contributed by atoms with Crippen LogP contribution in [-0.4, -0.2) is 25.6 Å². The smallest absolute Gasteiger partial charge is 0.191 e. The van der Waals surface area contributed by atoms with Crippen molar-refractivity contribution in [2.75, 3.05) is 13.6 Å². The molecule has 0 bridgehead atoms. The first-order valence-electron chi connectivity index (χ1n) is 6.73. The Kier molecular flexibility index (Phi) is 6.62. The van der Waals surface area contributed by atoms with Gasteiger partial charge in [0.25, 0.3) is 0 Å². The van der Waals surface area contributed by atoms with Crippen LogP contribution >= 0.6 is 24.0 Å². The number of hydrogen-bond acceptors (Lipinski definition) is 1. The van der Waals surface area contributed by atoms with Gasteiger partial charge in [-0.25, -0.2) is 0 Å². The van der Waals surface area contributed by atoms with E-state index in [-0.39, 0.29) is 24.0 Å². The van der Waals surface area contributed by atoms with Gasteiger partial charge in [-0.1, -0.05) is 36.8 Å². The molecule has 0 saturated heterocycles. The minimum atomic E-state index is 0. The molecule has 3 nitrogen and oxygen atoms in total. The Balaban J connectivity index is 0.00000180. The number of aryl methyl sites for hydroxylation is 1. The normalized spacial score (nSPS) is 16.5. The molecule has 19 heavy (non-hydrogen) atoms. The van der Waals surface area contributed by atoms with E-state index in [1.54, 1.807) is 0 Å². The van der Waals surface area contributed by atoms with E-state index in [1.165, 1.54) is 24.0 Å². The van der Waals surface area contributed by atoms with Gasteiger partial charge in [0, 0.05) is 19.6 Å². The summed E-state index contributed by atoms with van der Waals surface area (Å²) in [5.41, 5.74) is 2.70. The van der Waals surface area contributed by atoms with Crippen LogP contribution in [0.15, 0.2) is 29.3 Å². The Hall–Kier alpha value is -0.780. The van der Waals surface area contributed by atoms with Gasteiger partial charge < -0.3 is 10.6 Å². The van der Waals surface area contributed by atoms with Crippen molar-refractivity contribution >= 4 is 29.9 Å². The van der Waals surface area contributed by atoms with E-state index in [9.17, 15) is 0 Å². The number of nitrogens with zero attached hydrogens (tertiary/aromatic N) is 1. The topological polar surface area (TPSA) is 36.4 Å². The number of aliphatic imine (C=N–C) groups is 1. The van der Waals surface area contributed by atoms with E-state index < -0.39 is 0 Å². The van der Waals surface area contributed by atoms with E-state index in [0.29, 0.717) is 12.0 Å². The van der Waals surface area contributed by atoms with Crippen LogP contribution in [0.4, 0.5) is 0 Å². The Morgan fingerprint density at radius 3 is 2.74 bits per heavy atom. The predicted molar refractivity (Wildman–Crippen MR) is 92.5 cm³/mol. The maximum Gasteiger partial charge on any atom is 0.191 e. The van der Waals surface area contributed by atoms with E-state index in [2.05, 4.69) is 53.7 Å². The van der Waals surface area contributed by atoms with Crippen molar-refractivity contribution in [1.82, 2.24) is 10.6 Å². The zero-order chi connectivity index (χ0) is 13.0. The van der Waals surface area contributed by atoms with Gasteiger partial charge in [0.1, 0.15) is 0 Å². The SMILES string of the molecule is CN=C(NCC(C)c1cccc(C)c1)NC1CC1.I. The summed E-state index contributed by atoms with van der Waals surface area (Å²) in [5.74, 6) is 1.42. The first-order valence-corrected chi connectivity index (χ1v) is 6.73. The quantitative estimate of drug-likeness (QED) is 0.484. The number of benzene rings is 1. The molecule has 2 rings (SSSR count). The van der Waals surface area contributed by atoms with Crippen LogP contribution in [0.5, 0.6) is 0 Å². The Morgan fingerprint density at radius 1 is 1.42 bits per heavy atom. The molecule has 1 fully saturated rings. The lowest BCUT2D eigenvalue weighted by molar-refractivity contribution is 0.697. The lowest BCUT2D eigenvalue weighted by atomic mass is 9.99. The minimum absolute atomic E-state index is 0. The van der Waals surface area contributed by atoms with Gasteiger partial charge in [0.15, 0.2) is 5.96 Å². The maximum atomic E-state index is 4.25. The van der Waals surface area contributed by atoms with Crippen molar-refractivity contribution in [3.63, 3.8) is 0 Å². The van der Waals surface area contributed by atoms with E-state index in [1.807, 2.05) is 7.05 Å². The van der Waals surface area contributed by atoms with Crippen LogP contribution in [0.25, 0.3) is 0 Å². The zero-order valence-corrected chi connectivity index (χ0v) is 14.3. The molecule has 0 aromatic heterocycles. The molecule has 0 aliphatic heterocycles. The zero-order valence-electron chi connectivity index (χ0n) is 11.9. The highest BCUT2D eigenvalue weighted by Crippen LogP contribution is 2.18. The fourth-order valence-electron chi connectivity index (χ4n) is 1.96. The molecule has 0 radical (unpaired) electrons. The second-order valence-corrected chi connectivity index (χ2v) is 5.19. The van der Waals surface area contributed by atoms with Crippen molar-refractivity contribution in [3.8, 4) is 0 Å². The summed E-state index contributed by atoms with van der Waals surface area (Å²) in [6.45, 7) is 5.29. The largest absolute Gasteiger partial charge is 0.356 e. The Labute approximate surface area is 133 Å². The molecule has 1 aliphatic carbocycles. The van der Waals surface area contributed by atoms with Crippen LogP contribution in [0.1, 0.15) is 36.8 Å². The molecule has 1 saturated carbocycles. The van der Waals surface area contributed by atoms with Gasteiger partial charge >= 0.3 is 0 Å². The minimum Gasteiger partial charge on any atom is -0.356 e. The summed E-state index contributed by atoms with van der Waals surface area (Å²) in [7, 11) is 1.83. The Morgan fingerprint density at radius 2 is 2.16 bits per heavy atom. The third-order valence-electron chi connectivity index (χ3n) is 3.33.